The maximum absolute atomic E-state index is 11.6. The molecule has 0 aromatic heterocycles. The molecule has 1 saturated heterocycles. The van der Waals surface area contributed by atoms with E-state index in [0.717, 1.165) is 0 Å². The summed E-state index contributed by atoms with van der Waals surface area (Å²) in [5, 5.41) is 13.9. The molecule has 1 fully saturated rings. The zero-order chi connectivity index (χ0) is 13.7. The fraction of sp³-hybridized carbons (Fsp3) is 0.727. The van der Waals surface area contributed by atoms with Gasteiger partial charge in [-0.25, -0.2) is 9.59 Å². The maximum Gasteiger partial charge on any atom is 0.326 e. The normalized spacial score (nSPS) is 21.3. The van der Waals surface area contributed by atoms with Crippen molar-refractivity contribution in [1.82, 2.24) is 15.5 Å². The van der Waals surface area contributed by atoms with Crippen LogP contribution in [0.15, 0.2) is 0 Å². The molecule has 7 heteroatoms. The number of amides is 3. The molecule has 102 valence electrons. The first-order valence-corrected chi connectivity index (χ1v) is 5.97. The van der Waals surface area contributed by atoms with E-state index in [1.54, 1.807) is 18.9 Å². The van der Waals surface area contributed by atoms with Crippen molar-refractivity contribution in [3.63, 3.8) is 0 Å². The Morgan fingerprint density at radius 1 is 1.56 bits per heavy atom. The summed E-state index contributed by atoms with van der Waals surface area (Å²) in [5.41, 5.74) is 0. The van der Waals surface area contributed by atoms with Crippen LogP contribution < -0.4 is 10.6 Å². The molecule has 0 aliphatic carbocycles. The number of likely N-dealkylation sites (N-methyl/N-ethyl adjacent to an activating group) is 1. The van der Waals surface area contributed by atoms with E-state index >= 15 is 0 Å². The summed E-state index contributed by atoms with van der Waals surface area (Å²) in [7, 11) is 1.68. The second kappa shape index (κ2) is 6.23. The minimum absolute atomic E-state index is 0.0606. The summed E-state index contributed by atoms with van der Waals surface area (Å²) in [6.07, 6.45) is 1.31. The first-order chi connectivity index (χ1) is 8.43. The molecule has 1 heterocycles. The van der Waals surface area contributed by atoms with Crippen molar-refractivity contribution in [3.05, 3.63) is 0 Å². The number of carbonyl (C=O) groups excluding carboxylic acids is 2. The number of nitrogens with zero attached hydrogens (tertiary/aromatic N) is 1. The number of urea groups is 1. The Labute approximate surface area is 106 Å². The van der Waals surface area contributed by atoms with Crippen LogP contribution in [0.5, 0.6) is 0 Å². The van der Waals surface area contributed by atoms with Gasteiger partial charge in [-0.1, -0.05) is 6.92 Å². The van der Waals surface area contributed by atoms with Crippen LogP contribution in [0.3, 0.4) is 0 Å². The number of aliphatic carboxylic acids is 1. The first-order valence-electron chi connectivity index (χ1n) is 5.97. The average Bonchev–Trinajstić information content (AvgIpc) is 2.30. The third-order valence-electron chi connectivity index (χ3n) is 2.97. The van der Waals surface area contributed by atoms with E-state index in [9.17, 15) is 14.4 Å². The summed E-state index contributed by atoms with van der Waals surface area (Å²) in [5.74, 6) is -0.992. The minimum Gasteiger partial charge on any atom is -0.480 e. The zero-order valence-corrected chi connectivity index (χ0v) is 10.6. The minimum atomic E-state index is -1.05. The molecule has 1 rings (SSSR count). The molecular weight excluding hydrogens is 238 g/mol. The van der Waals surface area contributed by atoms with Crippen LogP contribution in [0.1, 0.15) is 26.2 Å². The van der Waals surface area contributed by atoms with Gasteiger partial charge < -0.3 is 20.6 Å². The highest BCUT2D eigenvalue weighted by Crippen LogP contribution is 2.09. The van der Waals surface area contributed by atoms with Gasteiger partial charge in [0, 0.05) is 26.1 Å². The fourth-order valence-electron chi connectivity index (χ4n) is 1.85. The molecule has 0 bridgehead atoms. The molecule has 0 radical (unpaired) electrons. The molecule has 0 saturated carbocycles. The summed E-state index contributed by atoms with van der Waals surface area (Å²) in [6.45, 7) is 2.14. The van der Waals surface area contributed by atoms with Gasteiger partial charge in [-0.15, -0.1) is 0 Å². The maximum atomic E-state index is 11.6. The van der Waals surface area contributed by atoms with E-state index < -0.39 is 18.0 Å². The molecule has 0 aromatic rings. The molecule has 1 unspecified atom stereocenters. The van der Waals surface area contributed by atoms with Crippen molar-refractivity contribution in [2.75, 3.05) is 13.6 Å². The molecule has 1 aliphatic heterocycles. The van der Waals surface area contributed by atoms with Crippen molar-refractivity contribution in [3.8, 4) is 0 Å². The van der Waals surface area contributed by atoms with Crippen LogP contribution in [-0.4, -0.2) is 53.6 Å². The van der Waals surface area contributed by atoms with Crippen molar-refractivity contribution < 1.29 is 19.5 Å². The summed E-state index contributed by atoms with van der Waals surface area (Å²) in [6, 6.07) is -1.51. The average molecular weight is 257 g/mol. The van der Waals surface area contributed by atoms with E-state index in [1.165, 1.54) is 0 Å². The van der Waals surface area contributed by atoms with Gasteiger partial charge in [0.05, 0.1) is 0 Å². The lowest BCUT2D eigenvalue weighted by Gasteiger charge is -2.30. The van der Waals surface area contributed by atoms with Crippen molar-refractivity contribution in [2.45, 2.75) is 38.3 Å². The van der Waals surface area contributed by atoms with Gasteiger partial charge in [-0.3, -0.25) is 4.79 Å². The number of carboxylic acid groups (broad SMARTS) is 1. The van der Waals surface area contributed by atoms with Crippen molar-refractivity contribution >= 4 is 17.9 Å². The number of rotatable bonds is 4. The van der Waals surface area contributed by atoms with Crippen LogP contribution in [0.4, 0.5) is 4.79 Å². The predicted octanol–water partition coefficient (Wildman–Crippen LogP) is -0.230. The van der Waals surface area contributed by atoms with E-state index in [0.29, 0.717) is 25.8 Å². The van der Waals surface area contributed by atoms with Gasteiger partial charge in [0.2, 0.25) is 5.91 Å². The summed E-state index contributed by atoms with van der Waals surface area (Å²) >= 11 is 0. The van der Waals surface area contributed by atoms with Crippen molar-refractivity contribution in [2.24, 2.45) is 0 Å². The highest BCUT2D eigenvalue weighted by molar-refractivity contribution is 5.83. The van der Waals surface area contributed by atoms with E-state index in [4.69, 9.17) is 5.11 Å². The number of carbonyl (C=O) groups is 3. The SMILES string of the molecule is CC[C@H](NC(=O)NC1CCC(=O)N(C)C1)C(=O)O. The fourth-order valence-corrected chi connectivity index (χ4v) is 1.85. The highest BCUT2D eigenvalue weighted by atomic mass is 16.4. The number of piperidine rings is 1. The van der Waals surface area contributed by atoms with Crippen LogP contribution in [0, 0.1) is 0 Å². The van der Waals surface area contributed by atoms with E-state index in [1.807, 2.05) is 0 Å². The van der Waals surface area contributed by atoms with Crippen LogP contribution in [0.25, 0.3) is 0 Å². The van der Waals surface area contributed by atoms with Crippen molar-refractivity contribution in [1.29, 1.82) is 0 Å². The topological polar surface area (TPSA) is 98.7 Å². The number of carboxylic acids is 1. The van der Waals surface area contributed by atoms with E-state index in [-0.39, 0.29) is 11.9 Å². The highest BCUT2D eigenvalue weighted by Gasteiger charge is 2.25. The number of nitrogens with one attached hydrogen (secondary N) is 2. The monoisotopic (exact) mass is 257 g/mol. The van der Waals surface area contributed by atoms with Crippen LogP contribution >= 0.6 is 0 Å². The molecule has 3 amide bonds. The predicted molar refractivity (Wildman–Crippen MR) is 64.0 cm³/mol. The molecule has 7 nitrogen and oxygen atoms in total. The Kier molecular flexibility index (Phi) is 4.94. The molecule has 1 aliphatic rings. The van der Waals surface area contributed by atoms with E-state index in [2.05, 4.69) is 10.6 Å². The Bertz CT molecular complexity index is 345. The van der Waals surface area contributed by atoms with Crippen LogP contribution in [-0.2, 0) is 9.59 Å². The van der Waals surface area contributed by atoms with Crippen LogP contribution in [0.2, 0.25) is 0 Å². The van der Waals surface area contributed by atoms with Gasteiger partial charge in [-0.2, -0.15) is 0 Å². The Morgan fingerprint density at radius 2 is 2.22 bits per heavy atom. The van der Waals surface area contributed by atoms with Gasteiger partial charge in [0.25, 0.3) is 0 Å². The summed E-state index contributed by atoms with van der Waals surface area (Å²) in [4.78, 5) is 35.2. The lowest BCUT2D eigenvalue weighted by molar-refractivity contribution is -0.139. The first kappa shape index (κ1) is 14.3. The second-order valence-corrected chi connectivity index (χ2v) is 4.43. The number of likely N-dealkylation sites (tertiary alicyclic amines) is 1. The molecule has 0 aromatic carbocycles. The molecular formula is C11H19N3O4. The van der Waals surface area contributed by atoms with Gasteiger partial charge in [-0.05, 0) is 12.8 Å². The standard InChI is InChI=1S/C11H19N3O4/c1-3-8(10(16)17)13-11(18)12-7-4-5-9(15)14(2)6-7/h7-8H,3-6H2,1-2H3,(H,16,17)(H2,12,13,18)/t7?,8-/m0/s1. The van der Waals surface area contributed by atoms with Gasteiger partial charge >= 0.3 is 12.0 Å². The lowest BCUT2D eigenvalue weighted by Crippen LogP contribution is -2.53. The Hall–Kier alpha value is -1.79. The lowest BCUT2D eigenvalue weighted by atomic mass is 10.1. The quantitative estimate of drug-likeness (QED) is 0.647. The largest absolute Gasteiger partial charge is 0.480 e. The number of hydrogen-bond donors (Lipinski definition) is 3. The third kappa shape index (κ3) is 3.90. The molecule has 0 spiro atoms. The molecule has 2 atom stereocenters. The smallest absolute Gasteiger partial charge is 0.326 e. The number of hydrogen-bond acceptors (Lipinski definition) is 3. The Balaban J connectivity index is 2.40. The third-order valence-corrected chi connectivity index (χ3v) is 2.97. The summed E-state index contributed by atoms with van der Waals surface area (Å²) < 4.78 is 0. The second-order valence-electron chi connectivity index (χ2n) is 4.43. The Morgan fingerprint density at radius 3 is 2.72 bits per heavy atom. The van der Waals surface area contributed by atoms with Gasteiger partial charge in [0.15, 0.2) is 0 Å². The molecule has 18 heavy (non-hydrogen) atoms. The zero-order valence-electron chi connectivity index (χ0n) is 10.6. The molecule has 3 N–H and O–H groups in total. The van der Waals surface area contributed by atoms with Gasteiger partial charge in [0.1, 0.15) is 6.04 Å².